The van der Waals surface area contributed by atoms with Gasteiger partial charge in [-0.15, -0.1) is 11.3 Å². The minimum absolute atomic E-state index is 0.156. The van der Waals surface area contributed by atoms with Crippen molar-refractivity contribution in [2.45, 2.75) is 0 Å². The van der Waals surface area contributed by atoms with Gasteiger partial charge in [-0.1, -0.05) is 12.1 Å². The highest BCUT2D eigenvalue weighted by atomic mass is 32.1. The molecule has 0 saturated carbocycles. The van der Waals surface area contributed by atoms with E-state index >= 15 is 0 Å². The molecule has 5 rings (SSSR count). The third-order valence-corrected chi connectivity index (χ3v) is 7.08. The van der Waals surface area contributed by atoms with Crippen LogP contribution in [0.25, 0.3) is 21.8 Å². The first kappa shape index (κ1) is 24.1. The first-order chi connectivity index (χ1) is 17.4. The van der Waals surface area contributed by atoms with Crippen LogP contribution in [0.2, 0.25) is 0 Å². The Kier molecular flexibility index (Phi) is 6.83. The van der Waals surface area contributed by atoms with Gasteiger partial charge < -0.3 is 20.3 Å². The monoisotopic (exact) mass is 509 g/mol. The van der Waals surface area contributed by atoms with Crippen LogP contribution in [-0.2, 0) is 4.74 Å². The van der Waals surface area contributed by atoms with E-state index in [4.69, 9.17) is 4.74 Å². The number of carbonyl (C=O) groups excluding carboxylic acids is 3. The van der Waals surface area contributed by atoms with Crippen LogP contribution in [0, 0.1) is 0 Å². The van der Waals surface area contributed by atoms with Crippen LogP contribution in [0.15, 0.2) is 30.3 Å². The fourth-order valence-electron chi connectivity index (χ4n) is 4.20. The summed E-state index contributed by atoms with van der Waals surface area (Å²) >= 11 is 1.29. The van der Waals surface area contributed by atoms with Crippen LogP contribution in [-0.4, -0.2) is 91.3 Å². The molecule has 0 bridgehead atoms. The predicted octanol–water partition coefficient (Wildman–Crippen LogP) is 2.01. The third kappa shape index (κ3) is 4.75. The van der Waals surface area contributed by atoms with Crippen LogP contribution in [0.3, 0.4) is 0 Å². The third-order valence-electron chi connectivity index (χ3n) is 5.98. The average Bonchev–Trinajstić information content (AvgIpc) is 3.57. The van der Waals surface area contributed by atoms with Gasteiger partial charge in [-0.2, -0.15) is 5.10 Å². The van der Waals surface area contributed by atoms with E-state index in [1.54, 1.807) is 23.2 Å². The van der Waals surface area contributed by atoms with E-state index in [0.717, 1.165) is 11.4 Å². The predicted molar refractivity (Wildman–Crippen MR) is 136 cm³/mol. The van der Waals surface area contributed by atoms with E-state index in [1.807, 2.05) is 31.1 Å². The van der Waals surface area contributed by atoms with Crippen molar-refractivity contribution < 1.29 is 19.1 Å². The number of ketones is 1. The number of urea groups is 1. The Morgan fingerprint density at radius 2 is 1.97 bits per heavy atom. The Labute approximate surface area is 211 Å². The lowest BCUT2D eigenvalue weighted by molar-refractivity contribution is 0.0207. The van der Waals surface area contributed by atoms with Crippen LogP contribution < -0.4 is 16.1 Å². The fourth-order valence-corrected chi connectivity index (χ4v) is 5.13. The number of anilines is 1. The maximum Gasteiger partial charge on any atom is 0.333 e. The molecule has 1 aliphatic heterocycles. The molecule has 1 aliphatic carbocycles. The van der Waals surface area contributed by atoms with E-state index < -0.39 is 6.03 Å². The molecule has 11 nitrogen and oxygen atoms in total. The number of nitrogens with zero attached hydrogens (tertiary/aromatic N) is 3. The molecule has 1 fully saturated rings. The zero-order valence-electron chi connectivity index (χ0n) is 20.0. The molecule has 0 radical (unpaired) electrons. The number of fused-ring (bicyclic) bond motifs is 3. The molecule has 4 N–H and O–H groups in total. The normalized spacial score (nSPS) is 15.0. The Hall–Kier alpha value is -3.58. The van der Waals surface area contributed by atoms with Crippen LogP contribution in [0.4, 0.5) is 10.5 Å². The van der Waals surface area contributed by atoms with E-state index in [-0.39, 0.29) is 11.7 Å². The van der Waals surface area contributed by atoms with Gasteiger partial charge in [-0.25, -0.2) is 9.80 Å². The number of H-pyrrole nitrogens is 1. The Morgan fingerprint density at radius 1 is 1.17 bits per heavy atom. The minimum Gasteiger partial charge on any atom is -0.379 e. The maximum absolute atomic E-state index is 13.5. The molecular formula is C24H27N7O4S. The molecule has 2 aliphatic rings. The van der Waals surface area contributed by atoms with Crippen molar-refractivity contribution >= 4 is 34.7 Å². The van der Waals surface area contributed by atoms with E-state index in [0.29, 0.717) is 71.5 Å². The summed E-state index contributed by atoms with van der Waals surface area (Å²) in [4.78, 5) is 41.9. The number of hydrogen-bond acceptors (Lipinski definition) is 8. The summed E-state index contributed by atoms with van der Waals surface area (Å²) in [5.74, 6) is -0.381. The molecule has 3 aromatic rings. The molecular weight excluding hydrogens is 482 g/mol. The topological polar surface area (TPSA) is 132 Å². The highest BCUT2D eigenvalue weighted by Crippen LogP contribution is 2.44. The summed E-state index contributed by atoms with van der Waals surface area (Å²) in [6, 6.07) is 8.42. The van der Waals surface area contributed by atoms with Crippen molar-refractivity contribution in [2.75, 3.05) is 58.8 Å². The molecule has 36 heavy (non-hydrogen) atoms. The number of hydrogen-bond donors (Lipinski definition) is 4. The standard InChI is InChI=1S/C24H27N7O4S/c1-30(2)9-8-25-23(33)17-7-6-16(36-17)21-19-20(27-28-21)14-4-3-5-15(18(14)22(19)32)26-24(34)29-31-10-12-35-13-11-31/h3-7H,8-13H2,1-2H3,(H,25,33)(H,27,28)(H2,26,29,34). The Morgan fingerprint density at radius 3 is 2.75 bits per heavy atom. The molecule has 3 amide bonds. The number of hydrazine groups is 1. The van der Waals surface area contributed by atoms with Crippen LogP contribution >= 0.6 is 11.3 Å². The lowest BCUT2D eigenvalue weighted by Gasteiger charge is -2.27. The van der Waals surface area contributed by atoms with Gasteiger partial charge in [0.05, 0.1) is 45.5 Å². The van der Waals surface area contributed by atoms with Crippen molar-refractivity contribution in [1.29, 1.82) is 0 Å². The van der Waals surface area contributed by atoms with Gasteiger partial charge in [-0.3, -0.25) is 20.1 Å². The molecule has 1 aromatic carbocycles. The van der Waals surface area contributed by atoms with Gasteiger partial charge in [0.25, 0.3) is 5.91 Å². The average molecular weight is 510 g/mol. The summed E-state index contributed by atoms with van der Waals surface area (Å²) in [5, 5.41) is 14.9. The first-order valence-corrected chi connectivity index (χ1v) is 12.4. The number of aromatic amines is 1. The number of amides is 3. The van der Waals surface area contributed by atoms with Gasteiger partial charge in [0, 0.05) is 31.7 Å². The van der Waals surface area contributed by atoms with Gasteiger partial charge in [0.15, 0.2) is 5.78 Å². The minimum atomic E-state index is -0.424. The van der Waals surface area contributed by atoms with Gasteiger partial charge in [-0.05, 0) is 32.3 Å². The molecule has 0 spiro atoms. The molecule has 2 aromatic heterocycles. The number of carbonyl (C=O) groups is 3. The second-order valence-electron chi connectivity index (χ2n) is 8.77. The van der Waals surface area contributed by atoms with Crippen molar-refractivity contribution in [3.05, 3.63) is 46.3 Å². The van der Waals surface area contributed by atoms with Crippen molar-refractivity contribution in [1.82, 2.24) is 30.8 Å². The largest absolute Gasteiger partial charge is 0.379 e. The van der Waals surface area contributed by atoms with E-state index in [9.17, 15) is 14.4 Å². The number of thiophene rings is 1. The Balaban J connectivity index is 1.34. The summed E-state index contributed by atoms with van der Waals surface area (Å²) < 4.78 is 5.30. The summed E-state index contributed by atoms with van der Waals surface area (Å²) in [7, 11) is 3.89. The summed E-state index contributed by atoms with van der Waals surface area (Å²) in [6.45, 7) is 3.56. The van der Waals surface area contributed by atoms with Gasteiger partial charge in [0.2, 0.25) is 0 Å². The number of morpholine rings is 1. The molecule has 1 saturated heterocycles. The number of aromatic nitrogens is 2. The van der Waals surface area contributed by atoms with Gasteiger partial charge in [0.1, 0.15) is 5.69 Å². The second-order valence-corrected chi connectivity index (χ2v) is 9.85. The number of likely N-dealkylation sites (N-methyl/N-ethyl adjacent to an activating group) is 1. The molecule has 188 valence electrons. The lowest BCUT2D eigenvalue weighted by atomic mass is 10.1. The number of ether oxygens (including phenoxy) is 1. The van der Waals surface area contributed by atoms with Crippen LogP contribution in [0.1, 0.15) is 25.6 Å². The number of nitrogens with one attached hydrogen (secondary N) is 4. The highest BCUT2D eigenvalue weighted by molar-refractivity contribution is 7.17. The zero-order valence-corrected chi connectivity index (χ0v) is 20.8. The summed E-state index contributed by atoms with van der Waals surface area (Å²) in [5.41, 5.74) is 5.80. The Bertz CT molecular complexity index is 1310. The first-order valence-electron chi connectivity index (χ1n) is 11.6. The highest BCUT2D eigenvalue weighted by Gasteiger charge is 2.35. The molecule has 12 heteroatoms. The molecule has 3 heterocycles. The molecule has 0 atom stereocenters. The maximum atomic E-state index is 13.5. The number of benzene rings is 1. The molecule has 0 unspecified atom stereocenters. The van der Waals surface area contributed by atoms with Gasteiger partial charge >= 0.3 is 6.03 Å². The van der Waals surface area contributed by atoms with Crippen molar-refractivity contribution in [3.63, 3.8) is 0 Å². The van der Waals surface area contributed by atoms with E-state index in [2.05, 4.69) is 26.3 Å². The summed E-state index contributed by atoms with van der Waals surface area (Å²) in [6.07, 6.45) is 0. The quantitative estimate of drug-likeness (QED) is 0.300. The van der Waals surface area contributed by atoms with Crippen molar-refractivity contribution in [3.8, 4) is 21.8 Å². The SMILES string of the molecule is CN(C)CCNC(=O)c1ccc(-c2[nH]nc3c2C(=O)c2c(NC(=O)NN4CCOCC4)cccc2-3)s1. The lowest BCUT2D eigenvalue weighted by Crippen LogP contribution is -2.49. The smallest absolute Gasteiger partial charge is 0.333 e. The zero-order chi connectivity index (χ0) is 25.2. The van der Waals surface area contributed by atoms with Crippen molar-refractivity contribution in [2.24, 2.45) is 0 Å². The second kappa shape index (κ2) is 10.2. The van der Waals surface area contributed by atoms with E-state index in [1.165, 1.54) is 11.3 Å². The number of rotatable bonds is 7. The van der Waals surface area contributed by atoms with Crippen LogP contribution in [0.5, 0.6) is 0 Å². The fraction of sp³-hybridized carbons (Fsp3) is 0.333.